The van der Waals surface area contributed by atoms with Crippen LogP contribution in [0, 0.1) is 0 Å². The third kappa shape index (κ3) is 3.70. The predicted molar refractivity (Wildman–Crippen MR) is 67.4 cm³/mol. The van der Waals surface area contributed by atoms with Gasteiger partial charge in [-0.15, -0.1) is 10.2 Å². The predicted octanol–water partition coefficient (Wildman–Crippen LogP) is 1.31. The number of likely N-dealkylation sites (N-methyl/N-ethyl adjacent to an activating group) is 1. The van der Waals surface area contributed by atoms with Crippen molar-refractivity contribution in [1.82, 2.24) is 25.5 Å². The van der Waals surface area contributed by atoms with Crippen molar-refractivity contribution < 1.29 is 13.5 Å². The third-order valence-electron chi connectivity index (χ3n) is 2.77. The maximum absolute atomic E-state index is 12.2. The van der Waals surface area contributed by atoms with Crippen LogP contribution in [0.25, 0.3) is 0 Å². The van der Waals surface area contributed by atoms with E-state index >= 15 is 0 Å². The smallest absolute Gasteiger partial charge is 0.387 e. The Balaban J connectivity index is 2.14. The lowest BCUT2D eigenvalue weighted by atomic mass is 10.0. The number of nitrogens with zero attached hydrogens (tertiary/aromatic N) is 4. The maximum Gasteiger partial charge on any atom is 0.387 e. The normalized spacial score (nSPS) is 12.7. The van der Waals surface area contributed by atoms with Crippen LogP contribution in [-0.4, -0.2) is 33.9 Å². The van der Waals surface area contributed by atoms with Gasteiger partial charge in [-0.3, -0.25) is 0 Å². The van der Waals surface area contributed by atoms with Gasteiger partial charge < -0.3 is 10.1 Å². The minimum absolute atomic E-state index is 0.111. The number of hydrogen-bond acceptors (Lipinski definition) is 5. The first-order chi connectivity index (χ1) is 9.58. The Labute approximate surface area is 114 Å². The van der Waals surface area contributed by atoms with Gasteiger partial charge in [0, 0.05) is 12.5 Å². The molecule has 0 aliphatic heterocycles. The number of tetrazole rings is 1. The van der Waals surface area contributed by atoms with E-state index in [-0.39, 0.29) is 11.8 Å². The average molecular weight is 283 g/mol. The van der Waals surface area contributed by atoms with Crippen LogP contribution in [0.5, 0.6) is 5.75 Å². The highest BCUT2D eigenvalue weighted by molar-refractivity contribution is 5.31. The van der Waals surface area contributed by atoms with Crippen molar-refractivity contribution in [3.05, 3.63) is 35.7 Å². The van der Waals surface area contributed by atoms with Gasteiger partial charge in [-0.1, -0.05) is 12.1 Å². The lowest BCUT2D eigenvalue weighted by molar-refractivity contribution is -0.0499. The highest BCUT2D eigenvalue weighted by Gasteiger charge is 2.15. The van der Waals surface area contributed by atoms with Crippen molar-refractivity contribution >= 4 is 0 Å². The molecule has 0 aliphatic carbocycles. The number of rotatable bonds is 6. The molecule has 6 nitrogen and oxygen atoms in total. The van der Waals surface area contributed by atoms with Gasteiger partial charge in [0.25, 0.3) is 0 Å². The highest BCUT2D eigenvalue weighted by Crippen LogP contribution is 2.22. The summed E-state index contributed by atoms with van der Waals surface area (Å²) in [7, 11) is 3.46. The second kappa shape index (κ2) is 6.38. The van der Waals surface area contributed by atoms with Gasteiger partial charge in [0.15, 0.2) is 5.82 Å². The molecule has 0 amide bonds. The summed E-state index contributed by atoms with van der Waals surface area (Å²) < 4.78 is 28.8. The van der Waals surface area contributed by atoms with E-state index in [1.807, 2.05) is 6.07 Å². The van der Waals surface area contributed by atoms with Crippen LogP contribution in [0.15, 0.2) is 24.3 Å². The Morgan fingerprint density at radius 1 is 1.40 bits per heavy atom. The van der Waals surface area contributed by atoms with Gasteiger partial charge in [0.1, 0.15) is 5.75 Å². The van der Waals surface area contributed by atoms with Gasteiger partial charge in [0.05, 0.1) is 7.05 Å². The Kier molecular flexibility index (Phi) is 4.57. The molecule has 1 aromatic heterocycles. The lowest BCUT2D eigenvalue weighted by Gasteiger charge is -2.15. The molecule has 1 atom stereocenters. The van der Waals surface area contributed by atoms with Gasteiger partial charge in [-0.2, -0.15) is 13.6 Å². The number of hydrogen-bond donors (Lipinski definition) is 1. The van der Waals surface area contributed by atoms with Gasteiger partial charge >= 0.3 is 6.61 Å². The molecule has 2 rings (SSSR count). The molecule has 0 aliphatic rings. The fraction of sp³-hybridized carbons (Fsp3) is 0.417. The van der Waals surface area contributed by atoms with Crippen molar-refractivity contribution in [2.75, 3.05) is 7.05 Å². The van der Waals surface area contributed by atoms with Crippen molar-refractivity contribution in [3.63, 3.8) is 0 Å². The van der Waals surface area contributed by atoms with Gasteiger partial charge in [-0.05, 0) is 30.0 Å². The van der Waals surface area contributed by atoms with Crippen LogP contribution in [-0.2, 0) is 13.5 Å². The molecule has 0 radical (unpaired) electrons. The zero-order valence-corrected chi connectivity index (χ0v) is 11.1. The van der Waals surface area contributed by atoms with Gasteiger partial charge in [-0.25, -0.2) is 0 Å². The van der Waals surface area contributed by atoms with Crippen LogP contribution in [0.2, 0.25) is 0 Å². The van der Waals surface area contributed by atoms with E-state index in [0.29, 0.717) is 12.2 Å². The van der Waals surface area contributed by atoms with E-state index in [2.05, 4.69) is 25.5 Å². The highest BCUT2D eigenvalue weighted by atomic mass is 19.3. The van der Waals surface area contributed by atoms with Crippen molar-refractivity contribution in [2.24, 2.45) is 7.05 Å². The largest absolute Gasteiger partial charge is 0.435 e. The van der Waals surface area contributed by atoms with Crippen LogP contribution < -0.4 is 10.1 Å². The molecule has 0 bridgehead atoms. The summed E-state index contributed by atoms with van der Waals surface area (Å²) in [6.45, 7) is -2.83. The molecule has 8 heteroatoms. The number of aryl methyl sites for hydroxylation is 1. The molecule has 108 valence electrons. The Hall–Kier alpha value is -2.09. The standard InChI is InChI=1S/C12H15F2N5O/c1-15-10(7-11-16-18-19(2)17-11)8-4-3-5-9(6-8)20-12(13)14/h3-6,10,12,15H,7H2,1-2H3. The number of alkyl halides is 2. The summed E-state index contributed by atoms with van der Waals surface area (Å²) in [5.74, 6) is 0.705. The summed E-state index contributed by atoms with van der Waals surface area (Å²) >= 11 is 0. The summed E-state index contributed by atoms with van der Waals surface area (Å²) in [6, 6.07) is 6.45. The first kappa shape index (κ1) is 14.3. The molecule has 0 saturated heterocycles. The van der Waals surface area contributed by atoms with Crippen LogP contribution >= 0.6 is 0 Å². The Morgan fingerprint density at radius 2 is 2.20 bits per heavy atom. The zero-order valence-electron chi connectivity index (χ0n) is 11.1. The lowest BCUT2D eigenvalue weighted by Crippen LogP contribution is -2.19. The molecule has 0 spiro atoms. The van der Waals surface area contributed by atoms with E-state index in [0.717, 1.165) is 5.56 Å². The van der Waals surface area contributed by atoms with Crippen molar-refractivity contribution in [1.29, 1.82) is 0 Å². The first-order valence-corrected chi connectivity index (χ1v) is 6.03. The van der Waals surface area contributed by atoms with Gasteiger partial charge in [0.2, 0.25) is 0 Å². The topological polar surface area (TPSA) is 64.9 Å². The van der Waals surface area contributed by atoms with Crippen LogP contribution in [0.3, 0.4) is 0 Å². The molecule has 2 aromatic rings. The molecular weight excluding hydrogens is 268 g/mol. The number of halogens is 2. The number of ether oxygens (including phenoxy) is 1. The van der Waals surface area contributed by atoms with E-state index in [4.69, 9.17) is 0 Å². The molecule has 0 fully saturated rings. The molecule has 0 saturated carbocycles. The van der Waals surface area contributed by atoms with Crippen LogP contribution in [0.4, 0.5) is 8.78 Å². The summed E-state index contributed by atoms with van der Waals surface area (Å²) in [4.78, 5) is 1.37. The monoisotopic (exact) mass is 283 g/mol. The Morgan fingerprint density at radius 3 is 2.80 bits per heavy atom. The molecule has 1 heterocycles. The van der Waals surface area contributed by atoms with Crippen LogP contribution in [0.1, 0.15) is 17.4 Å². The molecule has 1 aromatic carbocycles. The van der Waals surface area contributed by atoms with Crippen molar-refractivity contribution in [3.8, 4) is 5.75 Å². The second-order valence-electron chi connectivity index (χ2n) is 4.19. The average Bonchev–Trinajstić information content (AvgIpc) is 2.81. The molecule has 1 N–H and O–H groups in total. The summed E-state index contributed by atoms with van der Waals surface area (Å²) in [6.07, 6.45) is 0.502. The van der Waals surface area contributed by atoms with E-state index in [9.17, 15) is 8.78 Å². The van der Waals surface area contributed by atoms with E-state index in [1.54, 1.807) is 26.2 Å². The second-order valence-corrected chi connectivity index (χ2v) is 4.19. The quantitative estimate of drug-likeness (QED) is 0.866. The SMILES string of the molecule is CNC(Cc1nnn(C)n1)c1cccc(OC(F)F)c1. The van der Waals surface area contributed by atoms with E-state index < -0.39 is 6.61 Å². The summed E-state index contributed by atoms with van der Waals surface area (Å²) in [5.41, 5.74) is 0.818. The van der Waals surface area contributed by atoms with E-state index in [1.165, 1.54) is 10.9 Å². The number of benzene rings is 1. The first-order valence-electron chi connectivity index (χ1n) is 6.03. The minimum atomic E-state index is -2.83. The summed E-state index contributed by atoms with van der Waals surface area (Å²) in [5, 5.41) is 14.9. The molecule has 1 unspecified atom stereocenters. The molecule has 20 heavy (non-hydrogen) atoms. The Bertz CT molecular complexity index is 560. The maximum atomic E-state index is 12.2. The third-order valence-corrected chi connectivity index (χ3v) is 2.77. The zero-order chi connectivity index (χ0) is 14.5. The fourth-order valence-electron chi connectivity index (χ4n) is 1.88. The van der Waals surface area contributed by atoms with Crippen molar-refractivity contribution in [2.45, 2.75) is 19.1 Å². The fourth-order valence-corrected chi connectivity index (χ4v) is 1.88. The minimum Gasteiger partial charge on any atom is -0.435 e. The molecular formula is C12H15F2N5O. The number of aromatic nitrogens is 4. The number of nitrogens with one attached hydrogen (secondary N) is 1.